The highest BCUT2D eigenvalue weighted by Crippen LogP contribution is 2.29. The van der Waals surface area contributed by atoms with Crippen LogP contribution in [0.4, 0.5) is 10.5 Å². The molecule has 5 heteroatoms. The molecule has 2 atom stereocenters. The molecule has 2 amide bonds. The average Bonchev–Trinajstić information content (AvgIpc) is 2.36. The number of anilines is 1. The number of nitrogens with one attached hydrogen (secondary N) is 1. The Kier molecular flexibility index (Phi) is 4.27. The van der Waals surface area contributed by atoms with E-state index in [2.05, 4.69) is 12.2 Å². The molecule has 0 radical (unpaired) electrons. The number of aliphatic carboxylic acids is 1. The van der Waals surface area contributed by atoms with Crippen molar-refractivity contribution in [1.29, 1.82) is 0 Å². The van der Waals surface area contributed by atoms with Crippen molar-refractivity contribution in [3.05, 3.63) is 29.8 Å². The fourth-order valence-electron chi connectivity index (χ4n) is 2.59. The molecule has 20 heavy (non-hydrogen) atoms. The molecule has 1 aliphatic heterocycles. The maximum atomic E-state index is 12.3. The van der Waals surface area contributed by atoms with Gasteiger partial charge in [-0.1, -0.05) is 25.1 Å². The third-order valence-electron chi connectivity index (χ3n) is 3.44. The van der Waals surface area contributed by atoms with E-state index in [1.54, 1.807) is 11.8 Å². The highest BCUT2D eigenvalue weighted by Gasteiger charge is 2.26. The number of para-hydroxylation sites is 1. The predicted molar refractivity (Wildman–Crippen MR) is 76.9 cm³/mol. The largest absolute Gasteiger partial charge is 0.481 e. The van der Waals surface area contributed by atoms with Gasteiger partial charge in [-0.05, 0) is 30.9 Å². The Hall–Kier alpha value is -2.04. The lowest BCUT2D eigenvalue weighted by molar-refractivity contribution is -0.137. The van der Waals surface area contributed by atoms with Crippen molar-refractivity contribution in [2.24, 2.45) is 5.92 Å². The standard InChI is InChI=1S/C15H20N2O3/c1-10-7-12-5-3-4-6-13(12)17(9-10)15(20)16-11(2)8-14(18)19/h3-6,10-11H,7-9H2,1-2H3,(H,16,20)(H,18,19). The van der Waals surface area contributed by atoms with Crippen LogP contribution in [0.25, 0.3) is 0 Å². The number of urea groups is 1. The zero-order valence-corrected chi connectivity index (χ0v) is 11.8. The van der Waals surface area contributed by atoms with E-state index in [1.165, 1.54) is 0 Å². The lowest BCUT2D eigenvalue weighted by Crippen LogP contribution is -2.48. The number of carboxylic acid groups (broad SMARTS) is 1. The monoisotopic (exact) mass is 276 g/mol. The lowest BCUT2D eigenvalue weighted by Gasteiger charge is -2.33. The SMILES string of the molecule is CC1Cc2ccccc2N(C(=O)NC(C)CC(=O)O)C1. The van der Waals surface area contributed by atoms with Gasteiger partial charge in [0.1, 0.15) is 0 Å². The van der Waals surface area contributed by atoms with Gasteiger partial charge in [-0.15, -0.1) is 0 Å². The summed E-state index contributed by atoms with van der Waals surface area (Å²) in [6, 6.07) is 7.24. The number of carboxylic acids is 1. The number of hydrogen-bond donors (Lipinski definition) is 2. The van der Waals surface area contributed by atoms with Gasteiger partial charge in [0.25, 0.3) is 0 Å². The minimum atomic E-state index is -0.912. The first-order valence-electron chi connectivity index (χ1n) is 6.85. The summed E-state index contributed by atoms with van der Waals surface area (Å²) in [5, 5.41) is 11.5. The molecule has 2 unspecified atom stereocenters. The van der Waals surface area contributed by atoms with Gasteiger partial charge in [0.15, 0.2) is 0 Å². The maximum Gasteiger partial charge on any atom is 0.322 e. The van der Waals surface area contributed by atoms with Crippen molar-refractivity contribution in [2.45, 2.75) is 32.7 Å². The van der Waals surface area contributed by atoms with Gasteiger partial charge >= 0.3 is 12.0 Å². The fraction of sp³-hybridized carbons (Fsp3) is 0.467. The minimum Gasteiger partial charge on any atom is -0.481 e. The molecule has 1 aliphatic rings. The third kappa shape index (κ3) is 3.29. The van der Waals surface area contributed by atoms with Gasteiger partial charge in [0, 0.05) is 18.3 Å². The number of carbonyl (C=O) groups excluding carboxylic acids is 1. The number of rotatable bonds is 3. The van der Waals surface area contributed by atoms with Crippen molar-refractivity contribution in [3.63, 3.8) is 0 Å². The average molecular weight is 276 g/mol. The summed E-state index contributed by atoms with van der Waals surface area (Å²) in [6.45, 7) is 4.46. The Morgan fingerprint density at radius 1 is 1.45 bits per heavy atom. The van der Waals surface area contributed by atoms with E-state index in [9.17, 15) is 9.59 Å². The summed E-state index contributed by atoms with van der Waals surface area (Å²) in [6.07, 6.45) is 0.890. The quantitative estimate of drug-likeness (QED) is 0.889. The van der Waals surface area contributed by atoms with E-state index >= 15 is 0 Å². The number of fused-ring (bicyclic) bond motifs is 1. The molecule has 1 aromatic carbocycles. The molecule has 108 valence electrons. The Bertz CT molecular complexity index is 516. The van der Waals surface area contributed by atoms with Crippen molar-refractivity contribution >= 4 is 17.7 Å². The number of hydrogen-bond acceptors (Lipinski definition) is 2. The summed E-state index contributed by atoms with van der Waals surface area (Å²) < 4.78 is 0. The second kappa shape index (κ2) is 5.94. The highest BCUT2D eigenvalue weighted by molar-refractivity contribution is 5.93. The molecular weight excluding hydrogens is 256 g/mol. The first kappa shape index (κ1) is 14.4. The van der Waals surface area contributed by atoms with Crippen LogP contribution in [0.2, 0.25) is 0 Å². The van der Waals surface area contributed by atoms with E-state index in [-0.39, 0.29) is 18.5 Å². The van der Waals surface area contributed by atoms with Gasteiger partial charge in [0.2, 0.25) is 0 Å². The predicted octanol–water partition coefficient (Wildman–Crippen LogP) is 2.26. The molecule has 0 saturated carbocycles. The molecule has 1 heterocycles. The second-order valence-electron chi connectivity index (χ2n) is 5.50. The van der Waals surface area contributed by atoms with Crippen LogP contribution < -0.4 is 10.2 Å². The number of carbonyl (C=O) groups is 2. The van der Waals surface area contributed by atoms with E-state index in [1.807, 2.05) is 24.3 Å². The molecular formula is C15H20N2O3. The molecule has 1 aromatic rings. The summed E-state index contributed by atoms with van der Waals surface area (Å²) in [5.74, 6) is -0.518. The third-order valence-corrected chi connectivity index (χ3v) is 3.44. The van der Waals surface area contributed by atoms with Crippen molar-refractivity contribution < 1.29 is 14.7 Å². The molecule has 0 aromatic heterocycles. The number of amides is 2. The molecule has 0 saturated heterocycles. The van der Waals surface area contributed by atoms with Crippen LogP contribution in [-0.2, 0) is 11.2 Å². The molecule has 0 aliphatic carbocycles. The normalized spacial score (nSPS) is 19.1. The first-order valence-corrected chi connectivity index (χ1v) is 6.85. The van der Waals surface area contributed by atoms with Gasteiger partial charge in [-0.2, -0.15) is 0 Å². The Morgan fingerprint density at radius 3 is 2.85 bits per heavy atom. The van der Waals surface area contributed by atoms with E-state index in [0.29, 0.717) is 12.5 Å². The maximum absolute atomic E-state index is 12.3. The van der Waals surface area contributed by atoms with Crippen LogP contribution in [0.3, 0.4) is 0 Å². The van der Waals surface area contributed by atoms with E-state index in [4.69, 9.17) is 5.11 Å². The van der Waals surface area contributed by atoms with Crippen LogP contribution in [-0.4, -0.2) is 29.7 Å². The summed E-state index contributed by atoms with van der Waals surface area (Å²) >= 11 is 0. The lowest BCUT2D eigenvalue weighted by atomic mass is 9.94. The first-order chi connectivity index (χ1) is 9.47. The Balaban J connectivity index is 2.12. The molecule has 0 bridgehead atoms. The van der Waals surface area contributed by atoms with Crippen molar-refractivity contribution in [1.82, 2.24) is 5.32 Å². The minimum absolute atomic E-state index is 0.0726. The van der Waals surface area contributed by atoms with Crippen LogP contribution in [0.5, 0.6) is 0 Å². The fourth-order valence-corrected chi connectivity index (χ4v) is 2.59. The highest BCUT2D eigenvalue weighted by atomic mass is 16.4. The number of nitrogens with zero attached hydrogens (tertiary/aromatic N) is 1. The Labute approximate surface area is 118 Å². The van der Waals surface area contributed by atoms with Crippen molar-refractivity contribution in [2.75, 3.05) is 11.4 Å². The van der Waals surface area contributed by atoms with Gasteiger partial charge in [-0.25, -0.2) is 4.79 Å². The van der Waals surface area contributed by atoms with Crippen LogP contribution >= 0.6 is 0 Å². The molecule has 0 fully saturated rings. The smallest absolute Gasteiger partial charge is 0.322 e. The summed E-state index contributed by atoms with van der Waals surface area (Å²) in [4.78, 5) is 24.7. The van der Waals surface area contributed by atoms with Crippen LogP contribution in [0.1, 0.15) is 25.8 Å². The topological polar surface area (TPSA) is 69.6 Å². The molecule has 2 rings (SSSR count). The van der Waals surface area contributed by atoms with E-state index in [0.717, 1.165) is 17.7 Å². The van der Waals surface area contributed by atoms with Crippen molar-refractivity contribution in [3.8, 4) is 0 Å². The van der Waals surface area contributed by atoms with Crippen LogP contribution in [0, 0.1) is 5.92 Å². The van der Waals surface area contributed by atoms with Gasteiger partial charge in [-0.3, -0.25) is 9.69 Å². The molecule has 0 spiro atoms. The summed E-state index contributed by atoms with van der Waals surface area (Å²) in [7, 11) is 0. The number of benzene rings is 1. The Morgan fingerprint density at radius 2 is 2.15 bits per heavy atom. The zero-order valence-electron chi connectivity index (χ0n) is 11.8. The van der Waals surface area contributed by atoms with Gasteiger partial charge < -0.3 is 10.4 Å². The zero-order chi connectivity index (χ0) is 14.7. The van der Waals surface area contributed by atoms with Crippen LogP contribution in [0.15, 0.2) is 24.3 Å². The summed E-state index contributed by atoms with van der Waals surface area (Å²) in [5.41, 5.74) is 2.08. The van der Waals surface area contributed by atoms with E-state index < -0.39 is 5.97 Å². The molecule has 2 N–H and O–H groups in total. The second-order valence-corrected chi connectivity index (χ2v) is 5.50. The molecule has 5 nitrogen and oxygen atoms in total. The van der Waals surface area contributed by atoms with Gasteiger partial charge in [0.05, 0.1) is 6.42 Å².